The summed E-state index contributed by atoms with van der Waals surface area (Å²) < 4.78 is 0. The first-order valence-electron chi connectivity index (χ1n) is 6.07. The van der Waals surface area contributed by atoms with Gasteiger partial charge in [-0.2, -0.15) is 10.5 Å². The Morgan fingerprint density at radius 2 is 1.20 bits per heavy atom. The molecule has 0 aromatic rings. The minimum Gasteiger partial charge on any atom is -0.197 e. The summed E-state index contributed by atoms with van der Waals surface area (Å²) in [5.74, 6) is 0. The first-order chi connectivity index (χ1) is 7.24. The summed E-state index contributed by atoms with van der Waals surface area (Å²) in [6.45, 7) is 4.27. The summed E-state index contributed by atoms with van der Waals surface area (Å²) in [6, 6.07) is 4.44. The number of unbranched alkanes of at least 4 members (excludes halogenated alkanes) is 4. The van der Waals surface area contributed by atoms with Gasteiger partial charge in [0.05, 0.1) is 12.1 Å². The van der Waals surface area contributed by atoms with E-state index in [9.17, 15) is 0 Å². The number of hydrogen-bond acceptors (Lipinski definition) is 2. The van der Waals surface area contributed by atoms with Gasteiger partial charge in [-0.1, -0.05) is 52.4 Å². The van der Waals surface area contributed by atoms with Crippen molar-refractivity contribution in [3.8, 4) is 12.1 Å². The average Bonchev–Trinajstić information content (AvgIpc) is 2.28. The van der Waals surface area contributed by atoms with Crippen molar-refractivity contribution in [3.05, 3.63) is 0 Å². The Balaban J connectivity index is 4.09. The lowest BCUT2D eigenvalue weighted by Gasteiger charge is -2.17. The number of rotatable bonds is 8. The molecule has 0 amide bonds. The first-order valence-corrected chi connectivity index (χ1v) is 6.07. The van der Waals surface area contributed by atoms with E-state index in [0.717, 1.165) is 51.4 Å². The maximum atomic E-state index is 9.10. The van der Waals surface area contributed by atoms with Crippen molar-refractivity contribution in [2.75, 3.05) is 0 Å². The minimum absolute atomic E-state index is 0.704. The van der Waals surface area contributed by atoms with Crippen LogP contribution in [0.15, 0.2) is 0 Å². The zero-order chi connectivity index (χ0) is 11.6. The molecule has 0 aliphatic carbocycles. The Bertz CT molecular complexity index is 206. The molecule has 0 aliphatic heterocycles. The van der Waals surface area contributed by atoms with Crippen LogP contribution in [0.25, 0.3) is 0 Å². The van der Waals surface area contributed by atoms with E-state index in [1.165, 1.54) is 0 Å². The Labute approximate surface area is 93.9 Å². The van der Waals surface area contributed by atoms with E-state index < -0.39 is 5.41 Å². The zero-order valence-corrected chi connectivity index (χ0v) is 10.1. The van der Waals surface area contributed by atoms with E-state index in [4.69, 9.17) is 10.5 Å². The van der Waals surface area contributed by atoms with Crippen LogP contribution in [0, 0.1) is 28.1 Å². The maximum absolute atomic E-state index is 9.10. The molecule has 0 aliphatic rings. The second-order valence-electron chi connectivity index (χ2n) is 4.22. The van der Waals surface area contributed by atoms with Crippen molar-refractivity contribution in [2.24, 2.45) is 5.41 Å². The molecule has 0 aromatic carbocycles. The fourth-order valence-electron chi connectivity index (χ4n) is 1.73. The Kier molecular flexibility index (Phi) is 7.74. The molecule has 0 fully saturated rings. The molecule has 2 nitrogen and oxygen atoms in total. The van der Waals surface area contributed by atoms with Gasteiger partial charge in [-0.15, -0.1) is 0 Å². The molecule has 0 saturated carbocycles. The fourth-order valence-corrected chi connectivity index (χ4v) is 1.73. The van der Waals surface area contributed by atoms with Gasteiger partial charge in [-0.3, -0.25) is 0 Å². The van der Waals surface area contributed by atoms with Gasteiger partial charge in [0.15, 0.2) is 0 Å². The van der Waals surface area contributed by atoms with Crippen LogP contribution >= 0.6 is 0 Å². The molecule has 0 unspecified atom stereocenters. The van der Waals surface area contributed by atoms with Crippen molar-refractivity contribution in [2.45, 2.75) is 65.2 Å². The van der Waals surface area contributed by atoms with Crippen LogP contribution in [-0.4, -0.2) is 0 Å². The average molecular weight is 206 g/mol. The van der Waals surface area contributed by atoms with Gasteiger partial charge in [-0.05, 0) is 12.8 Å². The molecule has 0 heterocycles. The highest BCUT2D eigenvalue weighted by atomic mass is 14.4. The van der Waals surface area contributed by atoms with Crippen LogP contribution in [-0.2, 0) is 0 Å². The van der Waals surface area contributed by atoms with Crippen molar-refractivity contribution < 1.29 is 0 Å². The highest BCUT2D eigenvalue weighted by Gasteiger charge is 2.28. The summed E-state index contributed by atoms with van der Waals surface area (Å²) in [6.07, 6.45) is 8.03. The van der Waals surface area contributed by atoms with E-state index >= 15 is 0 Å². The molecular weight excluding hydrogens is 184 g/mol. The van der Waals surface area contributed by atoms with Gasteiger partial charge in [0, 0.05) is 0 Å². The normalized spacial score (nSPS) is 10.7. The van der Waals surface area contributed by atoms with E-state index in [2.05, 4.69) is 26.0 Å². The van der Waals surface area contributed by atoms with Crippen molar-refractivity contribution in [3.63, 3.8) is 0 Å². The minimum atomic E-state index is -0.704. The Morgan fingerprint density at radius 1 is 0.800 bits per heavy atom. The lowest BCUT2D eigenvalue weighted by molar-refractivity contribution is 0.398. The monoisotopic (exact) mass is 206 g/mol. The van der Waals surface area contributed by atoms with Crippen LogP contribution in [0.4, 0.5) is 0 Å². The van der Waals surface area contributed by atoms with Crippen molar-refractivity contribution >= 4 is 0 Å². The van der Waals surface area contributed by atoms with Gasteiger partial charge >= 0.3 is 0 Å². The van der Waals surface area contributed by atoms with Gasteiger partial charge in [0.1, 0.15) is 5.41 Å². The number of hydrogen-bond donors (Lipinski definition) is 0. The second-order valence-corrected chi connectivity index (χ2v) is 4.22. The van der Waals surface area contributed by atoms with Gasteiger partial charge in [0.25, 0.3) is 0 Å². The highest BCUT2D eigenvalue weighted by Crippen LogP contribution is 2.30. The van der Waals surface area contributed by atoms with Gasteiger partial charge < -0.3 is 0 Å². The smallest absolute Gasteiger partial charge is 0.143 e. The standard InChI is InChI=1S/C13H22N2/c1-3-5-7-9-13(11-14,12-15)10-8-6-4-2/h3-10H2,1-2H3. The molecule has 0 N–H and O–H groups in total. The molecule has 0 rings (SSSR count). The summed E-state index contributed by atoms with van der Waals surface area (Å²) in [5, 5.41) is 18.2. The molecular formula is C13H22N2. The van der Waals surface area contributed by atoms with Gasteiger partial charge in [-0.25, -0.2) is 0 Å². The zero-order valence-electron chi connectivity index (χ0n) is 10.1. The van der Waals surface area contributed by atoms with E-state index in [-0.39, 0.29) is 0 Å². The molecule has 15 heavy (non-hydrogen) atoms. The highest BCUT2D eigenvalue weighted by molar-refractivity contribution is 5.13. The summed E-state index contributed by atoms with van der Waals surface area (Å²) >= 11 is 0. The molecule has 0 saturated heterocycles. The van der Waals surface area contributed by atoms with Crippen molar-refractivity contribution in [1.82, 2.24) is 0 Å². The molecule has 2 heteroatoms. The van der Waals surface area contributed by atoms with Crippen LogP contribution in [0.5, 0.6) is 0 Å². The lowest BCUT2D eigenvalue weighted by Crippen LogP contribution is -2.16. The van der Waals surface area contributed by atoms with Crippen LogP contribution in [0.2, 0.25) is 0 Å². The predicted molar refractivity (Wildman–Crippen MR) is 61.9 cm³/mol. The molecule has 0 atom stereocenters. The molecule has 84 valence electrons. The quantitative estimate of drug-likeness (QED) is 0.559. The molecule has 0 aromatic heterocycles. The lowest BCUT2D eigenvalue weighted by atomic mass is 9.81. The summed E-state index contributed by atoms with van der Waals surface area (Å²) in [7, 11) is 0. The third-order valence-electron chi connectivity index (χ3n) is 2.84. The molecule has 0 bridgehead atoms. The van der Waals surface area contributed by atoms with E-state index in [1.54, 1.807) is 0 Å². The second kappa shape index (κ2) is 8.30. The van der Waals surface area contributed by atoms with Crippen LogP contribution in [0.1, 0.15) is 65.2 Å². The largest absolute Gasteiger partial charge is 0.197 e. The van der Waals surface area contributed by atoms with Crippen LogP contribution in [0.3, 0.4) is 0 Å². The number of nitriles is 2. The maximum Gasteiger partial charge on any atom is 0.143 e. The van der Waals surface area contributed by atoms with Crippen molar-refractivity contribution in [1.29, 1.82) is 10.5 Å². The summed E-state index contributed by atoms with van der Waals surface area (Å²) in [5.41, 5.74) is -0.704. The SMILES string of the molecule is CCCCCC(C#N)(C#N)CCCCC. The third-order valence-corrected chi connectivity index (χ3v) is 2.84. The van der Waals surface area contributed by atoms with Gasteiger partial charge in [0.2, 0.25) is 0 Å². The number of nitrogens with zero attached hydrogens (tertiary/aromatic N) is 2. The fraction of sp³-hybridized carbons (Fsp3) is 0.846. The Hall–Kier alpha value is -1.02. The van der Waals surface area contributed by atoms with E-state index in [1.807, 2.05) is 0 Å². The Morgan fingerprint density at radius 3 is 1.47 bits per heavy atom. The first kappa shape index (κ1) is 14.0. The third kappa shape index (κ3) is 5.43. The molecule has 0 radical (unpaired) electrons. The van der Waals surface area contributed by atoms with E-state index in [0.29, 0.717) is 0 Å². The predicted octanol–water partition coefficient (Wildman–Crippen LogP) is 4.18. The van der Waals surface area contributed by atoms with Crippen LogP contribution < -0.4 is 0 Å². The summed E-state index contributed by atoms with van der Waals surface area (Å²) in [4.78, 5) is 0. The molecule has 0 spiro atoms. The topological polar surface area (TPSA) is 47.6 Å².